The number of fused-ring (bicyclic) bond motifs is 3. The van der Waals surface area contributed by atoms with Crippen LogP contribution in [0.2, 0.25) is 0 Å². The number of benzene rings is 1. The molecule has 0 saturated heterocycles. The largest absolute Gasteiger partial charge is 0.382 e. The van der Waals surface area contributed by atoms with Gasteiger partial charge in [0.1, 0.15) is 0 Å². The summed E-state index contributed by atoms with van der Waals surface area (Å²) in [6, 6.07) is 7.37. The lowest BCUT2D eigenvalue weighted by atomic mass is 10.2. The molecule has 0 aliphatic rings. The zero-order chi connectivity index (χ0) is 20.9. The molecule has 3 aromatic rings. The van der Waals surface area contributed by atoms with E-state index in [4.69, 9.17) is 4.74 Å². The van der Waals surface area contributed by atoms with E-state index in [2.05, 4.69) is 14.9 Å². The second kappa shape index (κ2) is 9.70. The molecular formula is C18H25N5O4S2. The summed E-state index contributed by atoms with van der Waals surface area (Å²) in [5, 5.41) is 9.75. The molecule has 2 heterocycles. The highest BCUT2D eigenvalue weighted by Gasteiger charge is 2.17. The molecule has 0 saturated carbocycles. The molecule has 9 nitrogen and oxygen atoms in total. The number of hydrogen-bond acceptors (Lipinski definition) is 7. The van der Waals surface area contributed by atoms with Gasteiger partial charge in [-0.2, -0.15) is 0 Å². The maximum absolute atomic E-state index is 13.0. The van der Waals surface area contributed by atoms with Gasteiger partial charge in [0.25, 0.3) is 5.56 Å². The van der Waals surface area contributed by atoms with Crippen LogP contribution in [0.1, 0.15) is 19.8 Å². The molecule has 29 heavy (non-hydrogen) atoms. The van der Waals surface area contributed by atoms with Crippen molar-refractivity contribution in [2.24, 2.45) is 0 Å². The van der Waals surface area contributed by atoms with Crippen molar-refractivity contribution in [3.63, 3.8) is 0 Å². The minimum Gasteiger partial charge on any atom is -0.382 e. The highest BCUT2D eigenvalue weighted by molar-refractivity contribution is 7.99. The number of nitrogens with one attached hydrogen (secondary N) is 1. The number of hydrogen-bond donors (Lipinski definition) is 1. The Hall–Kier alpha value is -1.95. The lowest BCUT2D eigenvalue weighted by molar-refractivity contribution is 0.141. The van der Waals surface area contributed by atoms with Crippen molar-refractivity contribution < 1.29 is 13.2 Å². The molecule has 11 heteroatoms. The molecule has 0 radical (unpaired) electrons. The Morgan fingerprint density at radius 3 is 2.76 bits per heavy atom. The highest BCUT2D eigenvalue weighted by Crippen LogP contribution is 2.22. The zero-order valence-electron chi connectivity index (χ0n) is 16.5. The van der Waals surface area contributed by atoms with Gasteiger partial charge in [-0.05, 0) is 38.9 Å². The summed E-state index contributed by atoms with van der Waals surface area (Å²) in [4.78, 5) is 13.0. The third-order valence-electron chi connectivity index (χ3n) is 4.45. The van der Waals surface area contributed by atoms with E-state index in [0.29, 0.717) is 54.7 Å². The maximum atomic E-state index is 13.0. The predicted molar refractivity (Wildman–Crippen MR) is 114 cm³/mol. The standard InChI is InChI=1S/C18H25N5O4S2/c1-3-27-11-6-10-22-16(24)14-8-4-5-9-15(14)23-17(22)20-21-18(23)28-12-7-13-29(25,26)19-2/h4-5,8-9,19H,3,6-7,10-13H2,1-2H3. The van der Waals surface area contributed by atoms with Gasteiger partial charge in [0, 0.05) is 25.5 Å². The van der Waals surface area contributed by atoms with Gasteiger partial charge >= 0.3 is 0 Å². The number of aromatic nitrogens is 4. The minimum atomic E-state index is -3.23. The van der Waals surface area contributed by atoms with Gasteiger partial charge in [-0.15, -0.1) is 10.2 Å². The number of para-hydroxylation sites is 1. The van der Waals surface area contributed by atoms with Crippen molar-refractivity contribution in [3.05, 3.63) is 34.6 Å². The SMILES string of the molecule is CCOCCCn1c(=O)c2ccccc2n2c(SCCCS(=O)(=O)NC)nnc12. The summed E-state index contributed by atoms with van der Waals surface area (Å²) < 4.78 is 34.3. The van der Waals surface area contributed by atoms with Crippen LogP contribution in [0.3, 0.4) is 0 Å². The van der Waals surface area contributed by atoms with Crippen LogP contribution < -0.4 is 10.3 Å². The van der Waals surface area contributed by atoms with Crippen molar-refractivity contribution in [3.8, 4) is 0 Å². The topological polar surface area (TPSA) is 108 Å². The van der Waals surface area contributed by atoms with E-state index in [1.165, 1.54) is 18.8 Å². The Morgan fingerprint density at radius 1 is 1.21 bits per heavy atom. The molecular weight excluding hydrogens is 414 g/mol. The Morgan fingerprint density at radius 2 is 2.00 bits per heavy atom. The summed E-state index contributed by atoms with van der Waals surface area (Å²) in [7, 11) is -1.82. The molecule has 0 bridgehead atoms. The van der Waals surface area contributed by atoms with Crippen LogP contribution in [0.4, 0.5) is 0 Å². The van der Waals surface area contributed by atoms with Gasteiger partial charge in [0.05, 0.1) is 16.7 Å². The Bertz CT molecular complexity index is 1140. The summed E-state index contributed by atoms with van der Waals surface area (Å²) >= 11 is 1.43. The molecule has 1 N–H and O–H groups in total. The molecule has 2 aromatic heterocycles. The van der Waals surface area contributed by atoms with E-state index in [1.54, 1.807) is 10.6 Å². The third kappa shape index (κ3) is 4.97. The fourth-order valence-corrected chi connectivity index (χ4v) is 4.80. The van der Waals surface area contributed by atoms with Crippen LogP contribution in [-0.2, 0) is 21.3 Å². The van der Waals surface area contributed by atoms with Gasteiger partial charge in [0.2, 0.25) is 15.8 Å². The Balaban J connectivity index is 1.92. The first-order valence-electron chi connectivity index (χ1n) is 9.47. The fourth-order valence-electron chi connectivity index (χ4n) is 3.01. The number of sulfonamides is 1. The van der Waals surface area contributed by atoms with Gasteiger partial charge in [-0.1, -0.05) is 23.9 Å². The molecule has 3 rings (SSSR count). The molecule has 0 amide bonds. The Kier molecular flexibility index (Phi) is 7.28. The second-order valence-corrected chi connectivity index (χ2v) is 9.48. The lowest BCUT2D eigenvalue weighted by Gasteiger charge is -2.11. The van der Waals surface area contributed by atoms with Crippen LogP contribution in [0.5, 0.6) is 0 Å². The highest BCUT2D eigenvalue weighted by atomic mass is 32.2. The van der Waals surface area contributed by atoms with Gasteiger partial charge in [0.15, 0.2) is 5.16 Å². The van der Waals surface area contributed by atoms with E-state index in [9.17, 15) is 13.2 Å². The minimum absolute atomic E-state index is 0.0517. The lowest BCUT2D eigenvalue weighted by Crippen LogP contribution is -2.24. The first-order chi connectivity index (χ1) is 14.0. The van der Waals surface area contributed by atoms with Crippen LogP contribution >= 0.6 is 11.8 Å². The average molecular weight is 440 g/mol. The first-order valence-corrected chi connectivity index (χ1v) is 12.1. The summed E-state index contributed by atoms with van der Waals surface area (Å²) in [6.07, 6.45) is 1.17. The summed E-state index contributed by atoms with van der Waals surface area (Å²) in [5.74, 6) is 1.10. The fraction of sp³-hybridized carbons (Fsp3) is 0.500. The van der Waals surface area contributed by atoms with E-state index < -0.39 is 10.0 Å². The quantitative estimate of drug-likeness (QED) is 0.356. The number of ether oxygens (including phenoxy) is 1. The molecule has 0 aliphatic heterocycles. The van der Waals surface area contributed by atoms with Crippen LogP contribution in [-0.4, -0.2) is 59.4 Å². The maximum Gasteiger partial charge on any atom is 0.262 e. The van der Waals surface area contributed by atoms with E-state index >= 15 is 0 Å². The molecule has 0 spiro atoms. The average Bonchev–Trinajstić information content (AvgIpc) is 3.14. The monoisotopic (exact) mass is 439 g/mol. The number of nitrogens with zero attached hydrogens (tertiary/aromatic N) is 4. The zero-order valence-corrected chi connectivity index (χ0v) is 18.1. The second-order valence-electron chi connectivity index (χ2n) is 6.37. The summed E-state index contributed by atoms with van der Waals surface area (Å²) in [6.45, 7) is 3.62. The third-order valence-corrected chi connectivity index (χ3v) is 6.92. The van der Waals surface area contributed by atoms with Gasteiger partial charge < -0.3 is 4.74 Å². The smallest absolute Gasteiger partial charge is 0.262 e. The molecule has 158 valence electrons. The first kappa shape index (κ1) is 21.8. The van der Waals surface area contributed by atoms with E-state index in [0.717, 1.165) is 5.52 Å². The molecule has 1 aromatic carbocycles. The van der Waals surface area contributed by atoms with Crippen molar-refractivity contribution in [2.45, 2.75) is 31.5 Å². The van der Waals surface area contributed by atoms with Crippen molar-refractivity contribution in [2.75, 3.05) is 31.8 Å². The number of thioether (sulfide) groups is 1. The van der Waals surface area contributed by atoms with E-state index in [1.807, 2.05) is 29.5 Å². The van der Waals surface area contributed by atoms with Crippen LogP contribution in [0.25, 0.3) is 16.7 Å². The number of rotatable bonds is 11. The normalized spacial score (nSPS) is 12.2. The van der Waals surface area contributed by atoms with Gasteiger partial charge in [-0.3, -0.25) is 13.8 Å². The van der Waals surface area contributed by atoms with Crippen molar-refractivity contribution in [1.29, 1.82) is 0 Å². The molecule has 0 unspecified atom stereocenters. The summed E-state index contributed by atoms with van der Waals surface area (Å²) in [5.41, 5.74) is 0.637. The molecule has 0 atom stereocenters. The van der Waals surface area contributed by atoms with E-state index in [-0.39, 0.29) is 11.3 Å². The van der Waals surface area contributed by atoms with Gasteiger partial charge in [-0.25, -0.2) is 13.1 Å². The van der Waals surface area contributed by atoms with Crippen LogP contribution in [0.15, 0.2) is 34.2 Å². The van der Waals surface area contributed by atoms with Crippen molar-refractivity contribution >= 4 is 38.5 Å². The Labute approximate surface area is 173 Å². The molecule has 0 aliphatic carbocycles. The van der Waals surface area contributed by atoms with Crippen molar-refractivity contribution in [1.82, 2.24) is 23.9 Å². The predicted octanol–water partition coefficient (Wildman–Crippen LogP) is 1.50. The number of aryl methyl sites for hydroxylation is 1. The van der Waals surface area contributed by atoms with Crippen LogP contribution in [0, 0.1) is 0 Å². The molecule has 0 fully saturated rings.